The lowest BCUT2D eigenvalue weighted by atomic mass is 9.92. The van der Waals surface area contributed by atoms with Crippen LogP contribution >= 0.6 is 15.9 Å². The van der Waals surface area contributed by atoms with Gasteiger partial charge >= 0.3 is 0 Å². The summed E-state index contributed by atoms with van der Waals surface area (Å²) in [4.78, 5) is 2.54. The molecule has 1 aliphatic heterocycles. The number of nitrogens with one attached hydrogen (secondary N) is 1. The fraction of sp³-hybridized carbons (Fsp3) is 0.667. The van der Waals surface area contributed by atoms with Gasteiger partial charge in [-0.05, 0) is 36.5 Å². The van der Waals surface area contributed by atoms with Gasteiger partial charge in [0.15, 0.2) is 0 Å². The molecule has 1 heterocycles. The van der Waals surface area contributed by atoms with Gasteiger partial charge in [0.05, 0.1) is 0 Å². The zero-order chi connectivity index (χ0) is 15.2. The topological polar surface area (TPSA) is 15.3 Å². The van der Waals surface area contributed by atoms with Gasteiger partial charge < -0.3 is 10.2 Å². The van der Waals surface area contributed by atoms with Crippen molar-refractivity contribution < 1.29 is 0 Å². The maximum absolute atomic E-state index is 3.73. The number of rotatable bonds is 6. The Bertz CT molecular complexity index is 437. The molecule has 1 aromatic carbocycles. The summed E-state index contributed by atoms with van der Waals surface area (Å²) in [7, 11) is 0. The van der Waals surface area contributed by atoms with Gasteiger partial charge in [-0.1, -0.05) is 55.6 Å². The van der Waals surface area contributed by atoms with E-state index in [0.29, 0.717) is 6.04 Å². The maximum atomic E-state index is 3.73. The number of halogens is 1. The van der Waals surface area contributed by atoms with Gasteiger partial charge in [-0.3, -0.25) is 0 Å². The molecule has 1 fully saturated rings. The quantitative estimate of drug-likeness (QED) is 0.777. The molecular formula is C18H29BrN2. The van der Waals surface area contributed by atoms with Crippen LogP contribution in [0.2, 0.25) is 0 Å². The summed E-state index contributed by atoms with van der Waals surface area (Å²) in [6.45, 7) is 10.0. The average Bonchev–Trinajstić information content (AvgIpc) is 2.47. The van der Waals surface area contributed by atoms with Gasteiger partial charge in [0.25, 0.3) is 0 Å². The van der Waals surface area contributed by atoms with Crippen LogP contribution in [0, 0.1) is 5.92 Å². The number of nitrogens with zero attached hydrogens (tertiary/aromatic N) is 1. The first-order chi connectivity index (χ1) is 10.1. The van der Waals surface area contributed by atoms with Gasteiger partial charge in [-0.15, -0.1) is 0 Å². The van der Waals surface area contributed by atoms with Crippen molar-refractivity contribution in [1.82, 2.24) is 5.32 Å². The predicted molar refractivity (Wildman–Crippen MR) is 96.0 cm³/mol. The van der Waals surface area contributed by atoms with Crippen LogP contribution in [-0.2, 0) is 6.54 Å². The first kappa shape index (κ1) is 16.8. The minimum Gasteiger partial charge on any atom is -0.371 e. The average molecular weight is 353 g/mol. The van der Waals surface area contributed by atoms with E-state index in [1.165, 1.54) is 54.5 Å². The van der Waals surface area contributed by atoms with Gasteiger partial charge in [0, 0.05) is 35.8 Å². The molecule has 0 amide bonds. The van der Waals surface area contributed by atoms with Gasteiger partial charge in [0.2, 0.25) is 0 Å². The highest BCUT2D eigenvalue weighted by atomic mass is 79.9. The first-order valence-electron chi connectivity index (χ1n) is 8.37. The number of benzene rings is 1. The third-order valence-corrected chi connectivity index (χ3v) is 5.15. The van der Waals surface area contributed by atoms with E-state index in [1.807, 2.05) is 0 Å². The zero-order valence-electron chi connectivity index (χ0n) is 13.7. The molecule has 2 nitrogen and oxygen atoms in total. The second kappa shape index (κ2) is 8.19. The Morgan fingerprint density at radius 2 is 2.00 bits per heavy atom. The highest BCUT2D eigenvalue weighted by Gasteiger charge is 2.19. The van der Waals surface area contributed by atoms with Crippen LogP contribution in [0.1, 0.15) is 52.0 Å². The van der Waals surface area contributed by atoms with Crippen molar-refractivity contribution in [3.8, 4) is 0 Å². The van der Waals surface area contributed by atoms with Crippen molar-refractivity contribution in [2.24, 2.45) is 5.92 Å². The van der Waals surface area contributed by atoms with E-state index in [0.717, 1.165) is 12.5 Å². The van der Waals surface area contributed by atoms with Crippen LogP contribution in [0.3, 0.4) is 0 Å². The van der Waals surface area contributed by atoms with Crippen molar-refractivity contribution in [2.45, 2.75) is 59.0 Å². The minimum absolute atomic E-state index is 0.522. The molecule has 1 aliphatic rings. The Morgan fingerprint density at radius 3 is 2.57 bits per heavy atom. The van der Waals surface area contributed by atoms with E-state index in [2.05, 4.69) is 65.1 Å². The second-order valence-electron chi connectivity index (χ2n) is 6.53. The number of anilines is 1. The Hall–Kier alpha value is -0.540. The number of piperidine rings is 1. The summed E-state index contributed by atoms with van der Waals surface area (Å²) in [5.41, 5.74) is 2.71. The summed E-state index contributed by atoms with van der Waals surface area (Å²) < 4.78 is 1.23. The molecule has 0 unspecified atom stereocenters. The standard InChI is InChI=1S/C18H29BrN2/c1-4-5-15-8-10-21(11-9-15)17-7-6-16(18(19)12-17)13-20-14(2)3/h6-7,12,14-15,20H,4-5,8-11,13H2,1-3H3. The van der Waals surface area contributed by atoms with Crippen LogP contribution in [0.15, 0.2) is 22.7 Å². The lowest BCUT2D eigenvalue weighted by Crippen LogP contribution is -2.33. The lowest BCUT2D eigenvalue weighted by Gasteiger charge is -2.34. The van der Waals surface area contributed by atoms with E-state index in [4.69, 9.17) is 0 Å². The molecule has 0 radical (unpaired) electrons. The number of hydrogen-bond donors (Lipinski definition) is 1. The summed E-state index contributed by atoms with van der Waals surface area (Å²) >= 11 is 3.73. The van der Waals surface area contributed by atoms with E-state index < -0.39 is 0 Å². The molecule has 1 N–H and O–H groups in total. The Morgan fingerprint density at radius 1 is 1.29 bits per heavy atom. The molecule has 118 valence electrons. The predicted octanol–water partition coefficient (Wildman–Crippen LogP) is 4.96. The summed E-state index contributed by atoms with van der Waals surface area (Å²) in [5.74, 6) is 0.948. The Kier molecular flexibility index (Phi) is 6.56. The maximum Gasteiger partial charge on any atom is 0.0377 e. The lowest BCUT2D eigenvalue weighted by molar-refractivity contribution is 0.378. The van der Waals surface area contributed by atoms with Crippen LogP contribution in [0.5, 0.6) is 0 Å². The molecule has 0 bridgehead atoms. The third-order valence-electron chi connectivity index (χ3n) is 4.41. The largest absolute Gasteiger partial charge is 0.371 e. The van der Waals surface area contributed by atoms with E-state index in [-0.39, 0.29) is 0 Å². The fourth-order valence-corrected chi connectivity index (χ4v) is 3.59. The normalized spacial score (nSPS) is 16.7. The summed E-state index contributed by atoms with van der Waals surface area (Å²) in [6, 6.07) is 7.35. The van der Waals surface area contributed by atoms with E-state index >= 15 is 0 Å². The second-order valence-corrected chi connectivity index (χ2v) is 7.38. The molecule has 21 heavy (non-hydrogen) atoms. The number of hydrogen-bond acceptors (Lipinski definition) is 2. The molecular weight excluding hydrogens is 324 g/mol. The van der Waals surface area contributed by atoms with E-state index in [9.17, 15) is 0 Å². The van der Waals surface area contributed by atoms with Crippen molar-refractivity contribution >= 4 is 21.6 Å². The van der Waals surface area contributed by atoms with Crippen LogP contribution < -0.4 is 10.2 Å². The SMILES string of the molecule is CCCC1CCN(c2ccc(CNC(C)C)c(Br)c2)CC1. The van der Waals surface area contributed by atoms with Crippen molar-refractivity contribution in [1.29, 1.82) is 0 Å². The monoisotopic (exact) mass is 352 g/mol. The molecule has 2 rings (SSSR count). The molecule has 1 aromatic rings. The van der Waals surface area contributed by atoms with Crippen LogP contribution in [0.25, 0.3) is 0 Å². The molecule has 3 heteroatoms. The van der Waals surface area contributed by atoms with Crippen molar-refractivity contribution in [2.75, 3.05) is 18.0 Å². The van der Waals surface area contributed by atoms with Crippen molar-refractivity contribution in [3.05, 3.63) is 28.2 Å². The fourth-order valence-electron chi connectivity index (χ4n) is 3.08. The van der Waals surface area contributed by atoms with Crippen LogP contribution in [0.4, 0.5) is 5.69 Å². The highest BCUT2D eigenvalue weighted by Crippen LogP contribution is 2.29. The third kappa shape index (κ3) is 5.00. The van der Waals surface area contributed by atoms with Gasteiger partial charge in [-0.2, -0.15) is 0 Å². The van der Waals surface area contributed by atoms with Crippen molar-refractivity contribution in [3.63, 3.8) is 0 Å². The molecule has 1 saturated heterocycles. The Balaban J connectivity index is 1.94. The zero-order valence-corrected chi connectivity index (χ0v) is 15.2. The molecule has 0 spiro atoms. The minimum atomic E-state index is 0.522. The molecule has 0 atom stereocenters. The van der Waals surface area contributed by atoms with Gasteiger partial charge in [-0.25, -0.2) is 0 Å². The molecule has 0 aliphatic carbocycles. The first-order valence-corrected chi connectivity index (χ1v) is 9.16. The molecule has 0 aromatic heterocycles. The highest BCUT2D eigenvalue weighted by molar-refractivity contribution is 9.10. The summed E-state index contributed by atoms with van der Waals surface area (Å²) in [5, 5.41) is 3.48. The van der Waals surface area contributed by atoms with Crippen LogP contribution in [-0.4, -0.2) is 19.1 Å². The smallest absolute Gasteiger partial charge is 0.0377 e. The molecule has 0 saturated carbocycles. The summed E-state index contributed by atoms with van der Waals surface area (Å²) in [6.07, 6.45) is 5.43. The van der Waals surface area contributed by atoms with E-state index in [1.54, 1.807) is 0 Å². The van der Waals surface area contributed by atoms with Gasteiger partial charge in [0.1, 0.15) is 0 Å². The Labute approximate surface area is 138 Å².